The van der Waals surface area contributed by atoms with Gasteiger partial charge < -0.3 is 5.32 Å². The molecular formula is C24H21N3O. The topological polar surface area (TPSA) is 54.9 Å². The van der Waals surface area contributed by atoms with Gasteiger partial charge in [0.2, 0.25) is 0 Å². The van der Waals surface area contributed by atoms with Crippen LogP contribution in [0.15, 0.2) is 79.0 Å². The molecule has 0 bridgehead atoms. The molecule has 0 saturated heterocycles. The third-order valence-corrected chi connectivity index (χ3v) is 4.73. The SMILES string of the molecule is Cc1ccc2nc(C)cc(C(=O)NC(c3ccccc3)c3ccccn3)c2c1. The summed E-state index contributed by atoms with van der Waals surface area (Å²) >= 11 is 0. The van der Waals surface area contributed by atoms with Crippen molar-refractivity contribution < 1.29 is 4.79 Å². The number of hydrogen-bond donors (Lipinski definition) is 1. The molecule has 0 saturated carbocycles. The molecule has 1 atom stereocenters. The maximum Gasteiger partial charge on any atom is 0.252 e. The summed E-state index contributed by atoms with van der Waals surface area (Å²) in [7, 11) is 0. The summed E-state index contributed by atoms with van der Waals surface area (Å²) in [5.74, 6) is -0.138. The number of carbonyl (C=O) groups is 1. The van der Waals surface area contributed by atoms with Crippen molar-refractivity contribution in [2.75, 3.05) is 0 Å². The van der Waals surface area contributed by atoms with Gasteiger partial charge in [-0.3, -0.25) is 14.8 Å². The fourth-order valence-electron chi connectivity index (χ4n) is 3.39. The van der Waals surface area contributed by atoms with E-state index < -0.39 is 0 Å². The van der Waals surface area contributed by atoms with Gasteiger partial charge in [0.15, 0.2) is 0 Å². The van der Waals surface area contributed by atoms with Crippen molar-refractivity contribution in [3.8, 4) is 0 Å². The Morgan fingerprint density at radius 1 is 0.929 bits per heavy atom. The van der Waals surface area contributed by atoms with Crippen molar-refractivity contribution in [2.24, 2.45) is 0 Å². The van der Waals surface area contributed by atoms with Crippen molar-refractivity contribution in [1.29, 1.82) is 0 Å². The maximum atomic E-state index is 13.3. The molecule has 0 aliphatic heterocycles. The molecule has 1 amide bonds. The number of nitrogens with one attached hydrogen (secondary N) is 1. The first-order valence-electron chi connectivity index (χ1n) is 9.26. The normalized spacial score (nSPS) is 11.9. The monoisotopic (exact) mass is 367 g/mol. The number of hydrogen-bond acceptors (Lipinski definition) is 3. The third-order valence-electron chi connectivity index (χ3n) is 4.73. The van der Waals surface area contributed by atoms with Crippen molar-refractivity contribution in [1.82, 2.24) is 15.3 Å². The summed E-state index contributed by atoms with van der Waals surface area (Å²) in [6, 6.07) is 23.1. The first-order valence-corrected chi connectivity index (χ1v) is 9.26. The average Bonchev–Trinajstić information content (AvgIpc) is 2.73. The number of amides is 1. The number of rotatable bonds is 4. The van der Waals surface area contributed by atoms with Crippen molar-refractivity contribution in [3.05, 3.63) is 107 Å². The molecule has 0 fully saturated rings. The number of benzene rings is 2. The van der Waals surface area contributed by atoms with Gasteiger partial charge in [-0.05, 0) is 49.7 Å². The second-order valence-corrected chi connectivity index (χ2v) is 6.90. The summed E-state index contributed by atoms with van der Waals surface area (Å²) in [5.41, 5.74) is 5.15. The van der Waals surface area contributed by atoms with Crippen molar-refractivity contribution in [3.63, 3.8) is 0 Å². The Bertz CT molecular complexity index is 1090. The summed E-state index contributed by atoms with van der Waals surface area (Å²) in [4.78, 5) is 22.3. The van der Waals surface area contributed by atoms with E-state index in [9.17, 15) is 4.79 Å². The molecule has 28 heavy (non-hydrogen) atoms. The Balaban J connectivity index is 1.77. The van der Waals surface area contributed by atoms with E-state index in [-0.39, 0.29) is 11.9 Å². The molecular weight excluding hydrogens is 346 g/mol. The molecule has 4 nitrogen and oxygen atoms in total. The molecule has 0 spiro atoms. The fraction of sp³-hybridized carbons (Fsp3) is 0.125. The average molecular weight is 367 g/mol. The smallest absolute Gasteiger partial charge is 0.252 e. The quantitative estimate of drug-likeness (QED) is 0.565. The van der Waals surface area contributed by atoms with Gasteiger partial charge in [-0.15, -0.1) is 0 Å². The lowest BCUT2D eigenvalue weighted by Crippen LogP contribution is -2.30. The third kappa shape index (κ3) is 3.62. The van der Waals surface area contributed by atoms with Crippen molar-refractivity contribution >= 4 is 16.8 Å². The Morgan fingerprint density at radius 2 is 1.71 bits per heavy atom. The summed E-state index contributed by atoms with van der Waals surface area (Å²) in [6.45, 7) is 3.92. The van der Waals surface area contributed by atoms with Crippen LogP contribution >= 0.6 is 0 Å². The first-order chi connectivity index (χ1) is 13.6. The van der Waals surface area contributed by atoms with E-state index in [0.717, 1.165) is 33.4 Å². The van der Waals surface area contributed by atoms with Gasteiger partial charge >= 0.3 is 0 Å². The predicted octanol–water partition coefficient (Wildman–Crippen LogP) is 4.77. The zero-order valence-electron chi connectivity index (χ0n) is 15.9. The molecule has 0 aliphatic rings. The van der Waals surface area contributed by atoms with E-state index in [4.69, 9.17) is 0 Å². The Hall–Kier alpha value is -3.53. The molecule has 1 N–H and O–H groups in total. The molecule has 2 aromatic carbocycles. The van der Waals surface area contributed by atoms with Gasteiger partial charge in [-0.2, -0.15) is 0 Å². The van der Waals surface area contributed by atoms with Crippen LogP contribution in [0.3, 0.4) is 0 Å². The predicted molar refractivity (Wildman–Crippen MR) is 111 cm³/mol. The zero-order chi connectivity index (χ0) is 19.5. The van der Waals surface area contributed by atoms with Crippen LogP contribution in [0.4, 0.5) is 0 Å². The summed E-state index contributed by atoms with van der Waals surface area (Å²) in [6.07, 6.45) is 1.74. The summed E-state index contributed by atoms with van der Waals surface area (Å²) in [5, 5.41) is 4.03. The van der Waals surface area contributed by atoms with Gasteiger partial charge in [-0.1, -0.05) is 48.0 Å². The molecule has 2 heterocycles. The molecule has 0 radical (unpaired) electrons. The van der Waals surface area contributed by atoms with Gasteiger partial charge in [0.05, 0.1) is 22.8 Å². The lowest BCUT2D eigenvalue weighted by atomic mass is 10.0. The van der Waals surface area contributed by atoms with Gasteiger partial charge in [-0.25, -0.2) is 0 Å². The van der Waals surface area contributed by atoms with Crippen LogP contribution in [0.1, 0.15) is 38.9 Å². The van der Waals surface area contributed by atoms with Gasteiger partial charge in [0, 0.05) is 17.3 Å². The van der Waals surface area contributed by atoms with Crippen LogP contribution in [0.2, 0.25) is 0 Å². The second kappa shape index (κ2) is 7.61. The number of pyridine rings is 2. The number of carbonyl (C=O) groups excluding carboxylic acids is 1. The van der Waals surface area contributed by atoms with Crippen LogP contribution in [0.5, 0.6) is 0 Å². The number of fused-ring (bicyclic) bond motifs is 1. The fourth-order valence-corrected chi connectivity index (χ4v) is 3.39. The van der Waals surface area contributed by atoms with E-state index >= 15 is 0 Å². The van der Waals surface area contributed by atoms with Crippen LogP contribution in [0.25, 0.3) is 10.9 Å². The minimum Gasteiger partial charge on any atom is -0.340 e. The molecule has 4 aromatic rings. The minimum atomic E-state index is -0.330. The Morgan fingerprint density at radius 3 is 2.46 bits per heavy atom. The lowest BCUT2D eigenvalue weighted by Gasteiger charge is -2.19. The number of aromatic nitrogens is 2. The molecule has 4 heteroatoms. The lowest BCUT2D eigenvalue weighted by molar-refractivity contribution is 0.0944. The zero-order valence-corrected chi connectivity index (χ0v) is 15.9. The van der Waals surface area contributed by atoms with Gasteiger partial charge in [0.1, 0.15) is 0 Å². The molecule has 2 aromatic heterocycles. The maximum absolute atomic E-state index is 13.3. The highest BCUT2D eigenvalue weighted by atomic mass is 16.1. The van der Waals surface area contributed by atoms with E-state index in [2.05, 4.69) is 15.3 Å². The van der Waals surface area contributed by atoms with Crippen LogP contribution in [-0.2, 0) is 0 Å². The minimum absolute atomic E-state index is 0.138. The van der Waals surface area contributed by atoms with E-state index in [1.54, 1.807) is 6.20 Å². The molecule has 0 aliphatic carbocycles. The first kappa shape index (κ1) is 17.9. The number of aryl methyl sites for hydroxylation is 2. The number of nitrogens with zero attached hydrogens (tertiary/aromatic N) is 2. The molecule has 138 valence electrons. The Kier molecular flexibility index (Phi) is 4.85. The second-order valence-electron chi connectivity index (χ2n) is 6.90. The van der Waals surface area contributed by atoms with Gasteiger partial charge in [0.25, 0.3) is 5.91 Å². The van der Waals surface area contributed by atoms with Crippen LogP contribution < -0.4 is 5.32 Å². The highest BCUT2D eigenvalue weighted by Gasteiger charge is 2.20. The summed E-state index contributed by atoms with van der Waals surface area (Å²) < 4.78 is 0. The van der Waals surface area contributed by atoms with Crippen molar-refractivity contribution in [2.45, 2.75) is 19.9 Å². The highest BCUT2D eigenvalue weighted by Crippen LogP contribution is 2.24. The highest BCUT2D eigenvalue weighted by molar-refractivity contribution is 6.06. The molecule has 1 unspecified atom stereocenters. The van der Waals surface area contributed by atoms with Crippen LogP contribution in [-0.4, -0.2) is 15.9 Å². The largest absolute Gasteiger partial charge is 0.340 e. The molecule has 4 rings (SSSR count). The van der Waals surface area contributed by atoms with E-state index in [1.807, 2.05) is 86.6 Å². The van der Waals surface area contributed by atoms with Crippen LogP contribution in [0, 0.1) is 13.8 Å². The van der Waals surface area contributed by atoms with E-state index in [1.165, 1.54) is 0 Å². The Labute approximate surface area is 164 Å². The van der Waals surface area contributed by atoms with E-state index in [0.29, 0.717) is 5.56 Å². The standard InChI is InChI=1S/C24H21N3O/c1-16-11-12-21-19(14-16)20(15-17(2)26-21)24(28)27-23(18-8-4-3-5-9-18)22-10-6-7-13-25-22/h3-15,23H,1-2H3,(H,27,28).